The summed E-state index contributed by atoms with van der Waals surface area (Å²) < 4.78 is 5.04. The van der Waals surface area contributed by atoms with Crippen molar-refractivity contribution >= 4 is 5.97 Å². The van der Waals surface area contributed by atoms with Crippen molar-refractivity contribution in [2.45, 2.75) is 25.8 Å². The molecule has 0 spiro atoms. The topological polar surface area (TPSA) is 82.0 Å². The SMILES string of the molecule is CCOC(=O)C1CCN(C(C#N)c2cnc[nH]2)CC1. The summed E-state index contributed by atoms with van der Waals surface area (Å²) in [5, 5.41) is 9.28. The number of nitriles is 1. The molecule has 0 aromatic carbocycles. The zero-order valence-corrected chi connectivity index (χ0v) is 11.0. The molecule has 6 nitrogen and oxygen atoms in total. The van der Waals surface area contributed by atoms with Crippen LogP contribution < -0.4 is 0 Å². The van der Waals surface area contributed by atoms with Gasteiger partial charge in [-0.05, 0) is 19.8 Å². The first-order valence-corrected chi connectivity index (χ1v) is 6.54. The first kappa shape index (κ1) is 13.6. The quantitative estimate of drug-likeness (QED) is 0.826. The molecule has 0 saturated carbocycles. The Morgan fingerprint density at radius 2 is 2.42 bits per heavy atom. The third-order valence-corrected chi connectivity index (χ3v) is 3.45. The number of hydrogen-bond acceptors (Lipinski definition) is 5. The van der Waals surface area contributed by atoms with E-state index in [0.717, 1.165) is 31.6 Å². The number of rotatable bonds is 4. The molecule has 1 saturated heterocycles. The van der Waals surface area contributed by atoms with E-state index in [2.05, 4.69) is 20.9 Å². The second kappa shape index (κ2) is 6.34. The van der Waals surface area contributed by atoms with Gasteiger partial charge in [-0.1, -0.05) is 0 Å². The fraction of sp³-hybridized carbons (Fsp3) is 0.615. The molecule has 1 aliphatic rings. The second-order valence-electron chi connectivity index (χ2n) is 4.60. The van der Waals surface area contributed by atoms with Crippen molar-refractivity contribution in [3.63, 3.8) is 0 Å². The molecule has 102 valence electrons. The van der Waals surface area contributed by atoms with Crippen LogP contribution in [0.15, 0.2) is 12.5 Å². The molecule has 1 aromatic rings. The van der Waals surface area contributed by atoms with Gasteiger partial charge in [-0.15, -0.1) is 0 Å². The molecular weight excluding hydrogens is 244 g/mol. The number of H-pyrrole nitrogens is 1. The van der Waals surface area contributed by atoms with Crippen LogP contribution in [-0.4, -0.2) is 40.5 Å². The van der Waals surface area contributed by atoms with Crippen LogP contribution in [0.25, 0.3) is 0 Å². The summed E-state index contributed by atoms with van der Waals surface area (Å²) in [6.45, 7) is 3.69. The number of carbonyl (C=O) groups is 1. The predicted octanol–water partition coefficient (Wildman–Crippen LogP) is 1.25. The lowest BCUT2D eigenvalue weighted by molar-refractivity contribution is -0.149. The summed E-state index contributed by atoms with van der Waals surface area (Å²) in [6.07, 6.45) is 4.73. The fourth-order valence-corrected chi connectivity index (χ4v) is 2.42. The molecule has 1 fully saturated rings. The van der Waals surface area contributed by atoms with E-state index in [9.17, 15) is 10.1 Å². The standard InChI is InChI=1S/C13H18N4O2/c1-2-19-13(18)10-3-5-17(6-4-10)12(7-14)11-8-15-9-16-11/h8-10,12H,2-6H2,1H3,(H,15,16). The summed E-state index contributed by atoms with van der Waals surface area (Å²) in [7, 11) is 0. The molecule has 0 aliphatic carbocycles. The molecule has 0 radical (unpaired) electrons. The zero-order valence-electron chi connectivity index (χ0n) is 11.0. The van der Waals surface area contributed by atoms with E-state index in [4.69, 9.17) is 4.74 Å². The van der Waals surface area contributed by atoms with E-state index in [1.807, 2.05) is 6.92 Å². The largest absolute Gasteiger partial charge is 0.466 e. The minimum Gasteiger partial charge on any atom is -0.466 e. The Kier molecular flexibility index (Phi) is 4.53. The number of likely N-dealkylation sites (tertiary alicyclic amines) is 1. The Labute approximate surface area is 112 Å². The van der Waals surface area contributed by atoms with Crippen molar-refractivity contribution in [1.82, 2.24) is 14.9 Å². The van der Waals surface area contributed by atoms with Gasteiger partial charge in [0.2, 0.25) is 0 Å². The van der Waals surface area contributed by atoms with E-state index in [0.29, 0.717) is 6.61 Å². The van der Waals surface area contributed by atoms with Crippen LogP contribution in [0.4, 0.5) is 0 Å². The Morgan fingerprint density at radius 1 is 1.68 bits per heavy atom. The summed E-state index contributed by atoms with van der Waals surface area (Å²) in [5.41, 5.74) is 0.803. The maximum atomic E-state index is 11.7. The molecule has 1 aliphatic heterocycles. The third-order valence-electron chi connectivity index (χ3n) is 3.45. The minimum absolute atomic E-state index is 0.0303. The van der Waals surface area contributed by atoms with Gasteiger partial charge in [-0.2, -0.15) is 5.26 Å². The molecule has 0 amide bonds. The van der Waals surface area contributed by atoms with Crippen LogP contribution in [0.1, 0.15) is 31.5 Å². The molecule has 2 heterocycles. The summed E-state index contributed by atoms with van der Waals surface area (Å²) >= 11 is 0. The molecular formula is C13H18N4O2. The number of aromatic amines is 1. The lowest BCUT2D eigenvalue weighted by Crippen LogP contribution is -2.39. The number of ether oxygens (including phenoxy) is 1. The van der Waals surface area contributed by atoms with Gasteiger partial charge in [0.25, 0.3) is 0 Å². The number of hydrogen-bond donors (Lipinski definition) is 1. The highest BCUT2D eigenvalue weighted by Crippen LogP contribution is 2.25. The highest BCUT2D eigenvalue weighted by Gasteiger charge is 2.30. The van der Waals surface area contributed by atoms with Crippen LogP contribution in [0, 0.1) is 17.2 Å². The average molecular weight is 262 g/mol. The number of piperidine rings is 1. The van der Waals surface area contributed by atoms with Gasteiger partial charge < -0.3 is 9.72 Å². The molecule has 2 rings (SSSR count). The highest BCUT2D eigenvalue weighted by molar-refractivity contribution is 5.72. The molecule has 0 bridgehead atoms. The second-order valence-corrected chi connectivity index (χ2v) is 4.60. The number of nitrogens with zero attached hydrogens (tertiary/aromatic N) is 3. The lowest BCUT2D eigenvalue weighted by Gasteiger charge is -2.33. The number of nitrogens with one attached hydrogen (secondary N) is 1. The summed E-state index contributed by atoms with van der Waals surface area (Å²) in [5.74, 6) is -0.144. The molecule has 1 unspecified atom stereocenters. The minimum atomic E-state index is -0.314. The normalized spacial score (nSPS) is 18.7. The molecule has 1 N–H and O–H groups in total. The first-order chi connectivity index (χ1) is 9.26. The maximum absolute atomic E-state index is 11.7. The van der Waals surface area contributed by atoms with Crippen LogP contribution in [0.3, 0.4) is 0 Å². The van der Waals surface area contributed by atoms with E-state index in [1.165, 1.54) is 0 Å². The summed E-state index contributed by atoms with van der Waals surface area (Å²) in [4.78, 5) is 20.6. The smallest absolute Gasteiger partial charge is 0.309 e. The molecule has 19 heavy (non-hydrogen) atoms. The number of carbonyl (C=O) groups excluding carboxylic acids is 1. The van der Waals surface area contributed by atoms with Crippen LogP contribution >= 0.6 is 0 Å². The molecule has 1 atom stereocenters. The van der Waals surface area contributed by atoms with Crippen molar-refractivity contribution in [3.05, 3.63) is 18.2 Å². The lowest BCUT2D eigenvalue weighted by atomic mass is 9.95. The fourth-order valence-electron chi connectivity index (χ4n) is 2.42. The van der Waals surface area contributed by atoms with Crippen molar-refractivity contribution < 1.29 is 9.53 Å². The highest BCUT2D eigenvalue weighted by atomic mass is 16.5. The first-order valence-electron chi connectivity index (χ1n) is 6.54. The van der Waals surface area contributed by atoms with Crippen molar-refractivity contribution in [1.29, 1.82) is 5.26 Å². The van der Waals surface area contributed by atoms with E-state index in [-0.39, 0.29) is 17.9 Å². The van der Waals surface area contributed by atoms with Crippen LogP contribution in [-0.2, 0) is 9.53 Å². The van der Waals surface area contributed by atoms with Gasteiger partial charge in [0, 0.05) is 13.1 Å². The van der Waals surface area contributed by atoms with Gasteiger partial charge in [0.05, 0.1) is 36.8 Å². The van der Waals surface area contributed by atoms with Crippen molar-refractivity contribution in [2.75, 3.05) is 19.7 Å². The van der Waals surface area contributed by atoms with Gasteiger partial charge in [0.15, 0.2) is 0 Å². The Morgan fingerprint density at radius 3 is 2.95 bits per heavy atom. The number of imidazole rings is 1. The van der Waals surface area contributed by atoms with E-state index in [1.54, 1.807) is 12.5 Å². The average Bonchev–Trinajstić information content (AvgIpc) is 2.95. The number of esters is 1. The number of aromatic nitrogens is 2. The Hall–Kier alpha value is -1.87. The monoisotopic (exact) mass is 262 g/mol. The molecule has 1 aromatic heterocycles. The molecule has 6 heteroatoms. The maximum Gasteiger partial charge on any atom is 0.309 e. The zero-order chi connectivity index (χ0) is 13.7. The van der Waals surface area contributed by atoms with Gasteiger partial charge >= 0.3 is 5.97 Å². The Bertz CT molecular complexity index is 444. The third kappa shape index (κ3) is 3.12. The van der Waals surface area contributed by atoms with Gasteiger partial charge in [-0.25, -0.2) is 4.98 Å². The van der Waals surface area contributed by atoms with Crippen molar-refractivity contribution in [2.24, 2.45) is 5.92 Å². The van der Waals surface area contributed by atoms with E-state index >= 15 is 0 Å². The predicted molar refractivity (Wildman–Crippen MR) is 67.9 cm³/mol. The summed E-state index contributed by atoms with van der Waals surface area (Å²) in [6, 6.07) is 1.97. The van der Waals surface area contributed by atoms with Crippen molar-refractivity contribution in [3.8, 4) is 6.07 Å². The van der Waals surface area contributed by atoms with Crippen LogP contribution in [0.2, 0.25) is 0 Å². The van der Waals surface area contributed by atoms with E-state index < -0.39 is 0 Å². The Balaban J connectivity index is 1.92. The van der Waals surface area contributed by atoms with Crippen LogP contribution in [0.5, 0.6) is 0 Å². The van der Waals surface area contributed by atoms with Gasteiger partial charge in [0.1, 0.15) is 6.04 Å². The van der Waals surface area contributed by atoms with Gasteiger partial charge in [-0.3, -0.25) is 9.69 Å².